The molecule has 3 heterocycles. The Morgan fingerprint density at radius 3 is 2.09 bits per heavy atom. The Kier molecular flexibility index (Phi) is 16.2. The van der Waals surface area contributed by atoms with Gasteiger partial charge in [0.25, 0.3) is 0 Å². The van der Waals surface area contributed by atoms with Gasteiger partial charge in [0.15, 0.2) is 11.7 Å². The molecule has 0 unspecified atom stereocenters. The summed E-state index contributed by atoms with van der Waals surface area (Å²) in [5.41, 5.74) is 1.10. The molecule has 0 radical (unpaired) electrons. The van der Waals surface area contributed by atoms with Crippen LogP contribution in [0.2, 0.25) is 0 Å². The lowest BCUT2D eigenvalue weighted by Gasteiger charge is -1.99. The van der Waals surface area contributed by atoms with Crippen molar-refractivity contribution >= 4 is 18.3 Å². The smallest absolute Gasteiger partial charge is 0.221 e. The topological polar surface area (TPSA) is 175 Å². The second-order valence-electron chi connectivity index (χ2n) is 5.48. The molecule has 3 aromatic heterocycles. The highest BCUT2D eigenvalue weighted by Gasteiger charge is 2.04. The molecule has 0 saturated heterocycles. The van der Waals surface area contributed by atoms with Crippen molar-refractivity contribution in [3.8, 4) is 17.6 Å². The number of aromatic nitrogens is 6. The van der Waals surface area contributed by atoms with Crippen molar-refractivity contribution in [2.45, 2.75) is 19.8 Å². The summed E-state index contributed by atoms with van der Waals surface area (Å²) in [5.74, 6) is 0.976. The number of nitriles is 1. The largest absolute Gasteiger partial charge is 0.481 e. The van der Waals surface area contributed by atoms with Crippen LogP contribution in [0.15, 0.2) is 48.8 Å². The van der Waals surface area contributed by atoms with Crippen LogP contribution in [0.25, 0.3) is 11.5 Å². The highest BCUT2D eigenvalue weighted by atomic mass is 35.5. The molecule has 0 aliphatic carbocycles. The lowest BCUT2D eigenvalue weighted by molar-refractivity contribution is 0.271. The third kappa shape index (κ3) is 12.2. The zero-order valence-electron chi connectivity index (χ0n) is 17.5. The van der Waals surface area contributed by atoms with Crippen LogP contribution >= 0.6 is 12.4 Å². The number of pyridine rings is 2. The molecule has 3 aromatic rings. The third-order valence-corrected chi connectivity index (χ3v) is 3.19. The molecule has 0 amide bonds. The maximum Gasteiger partial charge on any atom is 0.221 e. The molecule has 0 saturated carbocycles. The van der Waals surface area contributed by atoms with E-state index in [2.05, 4.69) is 30.4 Å². The summed E-state index contributed by atoms with van der Waals surface area (Å²) in [6.07, 6.45) is 3.94. The highest BCUT2D eigenvalue weighted by Crippen LogP contribution is 2.07. The van der Waals surface area contributed by atoms with E-state index in [-0.39, 0.29) is 31.5 Å². The predicted octanol–water partition coefficient (Wildman–Crippen LogP) is 1.62. The van der Waals surface area contributed by atoms with Gasteiger partial charge in [-0.25, -0.2) is 4.98 Å². The first-order chi connectivity index (χ1) is 15.1. The van der Waals surface area contributed by atoms with Crippen molar-refractivity contribution in [3.63, 3.8) is 0 Å². The van der Waals surface area contributed by atoms with E-state index < -0.39 is 0 Å². The number of aliphatic hydroxyl groups excluding tert-OH is 2. The normalized spacial score (nSPS) is 8.94. The summed E-state index contributed by atoms with van der Waals surface area (Å²) >= 11 is 0. The fourth-order valence-electron chi connectivity index (χ4n) is 1.82. The van der Waals surface area contributed by atoms with Crippen molar-refractivity contribution in [1.82, 2.24) is 30.4 Å². The minimum atomic E-state index is -0.00765. The Morgan fingerprint density at radius 2 is 1.66 bits per heavy atom. The molecule has 170 valence electrons. The molecule has 11 nitrogen and oxygen atoms in total. The summed E-state index contributed by atoms with van der Waals surface area (Å²) in [5, 5.41) is 47.4. The number of hydrogen-bond acceptors (Lipinski definition) is 11. The minimum Gasteiger partial charge on any atom is -0.481 e. The van der Waals surface area contributed by atoms with E-state index >= 15 is 0 Å². The van der Waals surface area contributed by atoms with Gasteiger partial charge in [-0.3, -0.25) is 10.4 Å². The summed E-state index contributed by atoms with van der Waals surface area (Å²) in [4.78, 5) is 7.81. The molecule has 3 N–H and O–H groups in total. The summed E-state index contributed by atoms with van der Waals surface area (Å²) in [6, 6.07) is 12.6. The number of aliphatic hydroxyl groups is 2. The van der Waals surface area contributed by atoms with Crippen molar-refractivity contribution in [2.24, 2.45) is 0 Å². The van der Waals surface area contributed by atoms with Crippen LogP contribution in [0.5, 0.6) is 0 Å². The van der Waals surface area contributed by atoms with Crippen LogP contribution in [0.1, 0.15) is 24.9 Å². The molecule has 3 rings (SSSR count). The van der Waals surface area contributed by atoms with Gasteiger partial charge in [-0.15, -0.1) is 32.8 Å². The maximum absolute atomic E-state index is 8.66. The molecule has 0 spiro atoms. The van der Waals surface area contributed by atoms with Gasteiger partial charge < -0.3 is 14.9 Å². The lowest BCUT2D eigenvalue weighted by Crippen LogP contribution is -2.05. The molecule has 0 fully saturated rings. The Labute approximate surface area is 192 Å². The fraction of sp³-hybridized carbons (Fsp3) is 0.300. The molecular weight excluding hydrogens is 436 g/mol. The lowest BCUT2D eigenvalue weighted by atomic mass is 10.3. The quantitative estimate of drug-likeness (QED) is 0.362. The minimum absolute atomic E-state index is 0. The predicted molar refractivity (Wildman–Crippen MR) is 119 cm³/mol. The van der Waals surface area contributed by atoms with Crippen molar-refractivity contribution in [2.75, 3.05) is 19.8 Å². The highest BCUT2D eigenvalue weighted by molar-refractivity contribution is 5.85. The van der Waals surface area contributed by atoms with Crippen LogP contribution in [0.4, 0.5) is 0 Å². The zero-order valence-corrected chi connectivity index (χ0v) is 18.3. The van der Waals surface area contributed by atoms with E-state index in [1.54, 1.807) is 36.7 Å². The zero-order chi connectivity index (χ0) is 22.7. The first-order valence-corrected chi connectivity index (χ1v) is 9.35. The average Bonchev–Trinajstić information content (AvgIpc) is 2.82. The molecule has 0 aliphatic rings. The summed E-state index contributed by atoms with van der Waals surface area (Å²) in [7, 11) is 0. The summed E-state index contributed by atoms with van der Waals surface area (Å²) < 4.78 is 4.71. The monoisotopic (exact) mass is 460 g/mol. The van der Waals surface area contributed by atoms with Gasteiger partial charge in [0.2, 0.25) is 5.82 Å². The first kappa shape index (κ1) is 28.4. The molecule has 0 atom stereocenters. The number of halogens is 1. The van der Waals surface area contributed by atoms with Crippen LogP contribution in [-0.2, 0) is 11.2 Å². The Balaban J connectivity index is 0.000000486. The van der Waals surface area contributed by atoms with Crippen molar-refractivity contribution in [1.29, 1.82) is 10.7 Å². The Morgan fingerprint density at radius 1 is 1.00 bits per heavy atom. The second-order valence-corrected chi connectivity index (χ2v) is 5.48. The SMILES string of the molecule is CCOC(=N)CCO.Cl.N#Cc1ccccn1.OCCc1nnc(-c2ccccn2)nn1. The number of nitrogens with zero attached hydrogens (tertiary/aromatic N) is 7. The third-order valence-electron chi connectivity index (χ3n) is 3.19. The van der Waals surface area contributed by atoms with Crippen LogP contribution < -0.4 is 0 Å². The van der Waals surface area contributed by atoms with Gasteiger partial charge in [-0.2, -0.15) is 5.26 Å². The fourth-order valence-corrected chi connectivity index (χ4v) is 1.82. The standard InChI is InChI=1S/C9H9N5O.C6H4N2.C5H11NO2.ClH/c15-6-4-8-11-13-9(14-12-8)7-3-1-2-5-10-7;7-5-6-3-1-2-4-8-6;1-2-8-5(6)3-4-7;/h1-3,5,15H,4,6H2;1-4H;6-7H,2-4H2,1H3;1H. The van der Waals surface area contributed by atoms with Gasteiger partial charge >= 0.3 is 0 Å². The number of hydrogen-bond donors (Lipinski definition) is 3. The molecule has 0 bridgehead atoms. The van der Waals surface area contributed by atoms with Gasteiger partial charge in [-0.1, -0.05) is 12.1 Å². The Bertz CT molecular complexity index is 902. The molecule has 12 heteroatoms. The van der Waals surface area contributed by atoms with E-state index in [1.165, 1.54) is 0 Å². The molecule has 32 heavy (non-hydrogen) atoms. The van der Waals surface area contributed by atoms with Crippen LogP contribution in [-0.4, -0.2) is 66.3 Å². The summed E-state index contributed by atoms with van der Waals surface area (Å²) in [6.45, 7) is 2.32. The van der Waals surface area contributed by atoms with E-state index in [9.17, 15) is 0 Å². The van der Waals surface area contributed by atoms with Crippen LogP contribution in [0, 0.1) is 16.7 Å². The van der Waals surface area contributed by atoms with E-state index in [1.807, 2.05) is 25.1 Å². The number of ether oxygens (including phenoxy) is 1. The van der Waals surface area contributed by atoms with E-state index in [4.69, 9.17) is 25.6 Å². The average molecular weight is 461 g/mol. The number of nitrogens with one attached hydrogen (secondary N) is 1. The maximum atomic E-state index is 8.66. The van der Waals surface area contributed by atoms with Gasteiger partial charge in [-0.05, 0) is 31.2 Å². The number of rotatable bonds is 6. The van der Waals surface area contributed by atoms with Gasteiger partial charge in [0.1, 0.15) is 17.5 Å². The van der Waals surface area contributed by atoms with Gasteiger partial charge in [0, 0.05) is 25.2 Å². The van der Waals surface area contributed by atoms with Crippen LogP contribution in [0.3, 0.4) is 0 Å². The van der Waals surface area contributed by atoms with Crippen molar-refractivity contribution < 1.29 is 14.9 Å². The molecular formula is C20H25ClN8O3. The molecule has 0 aliphatic heterocycles. The molecule has 0 aromatic carbocycles. The van der Waals surface area contributed by atoms with E-state index in [0.29, 0.717) is 42.5 Å². The van der Waals surface area contributed by atoms with E-state index in [0.717, 1.165) is 0 Å². The first-order valence-electron chi connectivity index (χ1n) is 9.35. The van der Waals surface area contributed by atoms with Crippen molar-refractivity contribution in [3.05, 3.63) is 60.3 Å². The second kappa shape index (κ2) is 18.2. The van der Waals surface area contributed by atoms with Gasteiger partial charge in [0.05, 0.1) is 19.8 Å². The Hall–Kier alpha value is -3.59.